The van der Waals surface area contributed by atoms with E-state index in [2.05, 4.69) is 48.0 Å². The molecule has 1 amide bonds. The van der Waals surface area contributed by atoms with Crippen molar-refractivity contribution in [1.82, 2.24) is 0 Å². The maximum absolute atomic E-state index is 12.3. The lowest BCUT2D eigenvalue weighted by Crippen LogP contribution is -2.20. The number of carbonyl (C=O) groups is 1. The summed E-state index contributed by atoms with van der Waals surface area (Å²) in [6.45, 7) is 0. The zero-order valence-corrected chi connectivity index (χ0v) is 14.2. The Balaban J connectivity index is 2.40. The van der Waals surface area contributed by atoms with Crippen molar-refractivity contribution in [2.24, 2.45) is 0 Å². The van der Waals surface area contributed by atoms with Crippen LogP contribution in [0.4, 0.5) is 5.69 Å². The fourth-order valence-electron chi connectivity index (χ4n) is 1.51. The Morgan fingerprint density at radius 2 is 1.74 bits per heavy atom. The molecule has 19 heavy (non-hydrogen) atoms. The minimum atomic E-state index is -0.350. The molecule has 0 aliphatic carbocycles. The van der Waals surface area contributed by atoms with Gasteiger partial charge < -0.3 is 5.11 Å². The molecule has 0 spiro atoms. The number of halogens is 3. The van der Waals surface area contributed by atoms with Crippen LogP contribution in [0.5, 0.6) is 5.75 Å². The second kappa shape index (κ2) is 6.07. The Morgan fingerprint density at radius 1 is 1.05 bits per heavy atom. The summed E-state index contributed by atoms with van der Waals surface area (Å²) in [7, 11) is 0. The van der Waals surface area contributed by atoms with Crippen LogP contribution in [-0.2, 0) is 0 Å². The van der Waals surface area contributed by atoms with Gasteiger partial charge in [-0.1, -0.05) is 18.2 Å². The topological polar surface area (TPSA) is 40.5 Å². The van der Waals surface area contributed by atoms with Gasteiger partial charge in [-0.25, -0.2) is 3.93 Å². The molecule has 0 aliphatic heterocycles. The Labute approximate surface area is 135 Å². The van der Waals surface area contributed by atoms with Crippen molar-refractivity contribution in [3.05, 3.63) is 57.0 Å². The summed E-state index contributed by atoms with van der Waals surface area (Å²) < 4.78 is 2.88. The van der Waals surface area contributed by atoms with Crippen molar-refractivity contribution in [2.45, 2.75) is 0 Å². The van der Waals surface area contributed by atoms with E-state index in [9.17, 15) is 9.90 Å². The molecule has 1 N–H and O–H groups in total. The Kier molecular flexibility index (Phi) is 4.65. The van der Waals surface area contributed by atoms with E-state index in [4.69, 9.17) is 0 Å². The number of hydrogen-bond donors (Lipinski definition) is 1. The average Bonchev–Trinajstić information content (AvgIpc) is 2.41. The summed E-state index contributed by atoms with van der Waals surface area (Å²) in [5.41, 5.74) is 0.869. The second-order valence-corrected chi connectivity index (χ2v) is 6.03. The lowest BCUT2D eigenvalue weighted by molar-refractivity contribution is 0.101. The predicted octanol–water partition coefficient (Wildman–Crippen LogP) is 4.87. The molecule has 2 rings (SSSR count). The van der Waals surface area contributed by atoms with Crippen LogP contribution in [0.1, 0.15) is 10.4 Å². The van der Waals surface area contributed by atoms with Crippen LogP contribution in [0.25, 0.3) is 0 Å². The van der Waals surface area contributed by atoms with Gasteiger partial charge in [0.15, 0.2) is 0 Å². The van der Waals surface area contributed by atoms with Gasteiger partial charge >= 0.3 is 0 Å². The number of para-hydroxylation sites is 1. The van der Waals surface area contributed by atoms with Gasteiger partial charge in [0.25, 0.3) is 5.91 Å². The highest BCUT2D eigenvalue weighted by Gasteiger charge is 2.20. The molecule has 0 saturated carbocycles. The number of aromatic hydroxyl groups is 1. The molecular formula is C13H8Br3NO2. The van der Waals surface area contributed by atoms with Crippen molar-refractivity contribution < 1.29 is 9.90 Å². The van der Waals surface area contributed by atoms with Gasteiger partial charge in [-0.05, 0) is 56.1 Å². The summed E-state index contributed by atoms with van der Waals surface area (Å²) in [6, 6.07) is 11.9. The minimum Gasteiger partial charge on any atom is -0.507 e. The summed E-state index contributed by atoms with van der Waals surface area (Å²) in [6.07, 6.45) is 0. The molecule has 2 aromatic carbocycles. The summed E-state index contributed by atoms with van der Waals surface area (Å²) >= 11 is 10.0. The number of amides is 1. The molecule has 0 radical (unpaired) electrons. The zero-order valence-electron chi connectivity index (χ0n) is 9.48. The van der Waals surface area contributed by atoms with Gasteiger partial charge in [0, 0.05) is 4.47 Å². The third-order valence-electron chi connectivity index (χ3n) is 2.46. The number of phenols is 1. The number of rotatable bonds is 2. The molecule has 0 aliphatic rings. The molecule has 0 saturated heterocycles. The van der Waals surface area contributed by atoms with Crippen LogP contribution in [-0.4, -0.2) is 11.0 Å². The van der Waals surface area contributed by atoms with Crippen LogP contribution in [0, 0.1) is 0 Å². The lowest BCUT2D eigenvalue weighted by Gasteiger charge is -2.17. The fourth-order valence-corrected chi connectivity index (χ4v) is 3.04. The molecule has 6 heteroatoms. The highest BCUT2D eigenvalue weighted by atomic mass is 79.9. The van der Waals surface area contributed by atoms with E-state index >= 15 is 0 Å². The number of phenolic OH excluding ortho intramolecular Hbond substituents is 1. The van der Waals surface area contributed by atoms with Crippen molar-refractivity contribution in [1.29, 1.82) is 0 Å². The highest BCUT2D eigenvalue weighted by Crippen LogP contribution is 2.35. The maximum Gasteiger partial charge on any atom is 0.272 e. The second-order valence-electron chi connectivity index (χ2n) is 3.68. The molecule has 2 aromatic rings. The molecule has 0 bridgehead atoms. The van der Waals surface area contributed by atoms with E-state index in [0.29, 0.717) is 5.69 Å². The predicted molar refractivity (Wildman–Crippen MR) is 85.7 cm³/mol. The van der Waals surface area contributed by atoms with Crippen molar-refractivity contribution in [3.63, 3.8) is 0 Å². The zero-order chi connectivity index (χ0) is 14.0. The number of carbonyl (C=O) groups excluding carboxylic acids is 1. The first kappa shape index (κ1) is 14.6. The average molecular weight is 450 g/mol. The number of nitrogens with zero attached hydrogens (tertiary/aromatic N) is 1. The first-order chi connectivity index (χ1) is 9.02. The molecular weight excluding hydrogens is 442 g/mol. The van der Waals surface area contributed by atoms with Crippen LogP contribution in [0.15, 0.2) is 51.4 Å². The first-order valence-electron chi connectivity index (χ1n) is 5.24. The Morgan fingerprint density at radius 3 is 2.42 bits per heavy atom. The van der Waals surface area contributed by atoms with Crippen molar-refractivity contribution in [3.8, 4) is 5.75 Å². The van der Waals surface area contributed by atoms with Gasteiger partial charge in [-0.3, -0.25) is 4.79 Å². The number of anilines is 1. The van der Waals surface area contributed by atoms with Gasteiger partial charge in [-0.2, -0.15) is 0 Å². The molecule has 0 fully saturated rings. The summed E-state index contributed by atoms with van der Waals surface area (Å²) in [4.78, 5) is 12.3. The van der Waals surface area contributed by atoms with Gasteiger partial charge in [0.05, 0.1) is 31.9 Å². The van der Waals surface area contributed by atoms with E-state index < -0.39 is 0 Å². The van der Waals surface area contributed by atoms with E-state index in [1.54, 1.807) is 24.3 Å². The third-order valence-corrected chi connectivity index (χ3v) is 5.19. The van der Waals surface area contributed by atoms with Crippen LogP contribution in [0.2, 0.25) is 0 Å². The molecule has 0 atom stereocenters. The fraction of sp³-hybridized carbons (Fsp3) is 0. The van der Waals surface area contributed by atoms with Gasteiger partial charge in [-0.15, -0.1) is 0 Å². The van der Waals surface area contributed by atoms with Crippen LogP contribution < -0.4 is 3.93 Å². The number of hydrogen-bond acceptors (Lipinski definition) is 2. The first-order valence-corrected chi connectivity index (χ1v) is 7.54. The molecule has 0 unspecified atom stereocenters. The van der Waals surface area contributed by atoms with Gasteiger partial charge in [0.1, 0.15) is 5.75 Å². The summed E-state index contributed by atoms with van der Waals surface area (Å²) in [5.74, 6) is -0.403. The van der Waals surface area contributed by atoms with Crippen LogP contribution >= 0.6 is 48.0 Å². The Bertz CT molecular complexity index is 631. The largest absolute Gasteiger partial charge is 0.507 e. The van der Waals surface area contributed by atoms with E-state index in [-0.39, 0.29) is 17.2 Å². The SMILES string of the molecule is O=C(c1ccccc1O)N(Br)c1cccc(Br)c1Br. The smallest absolute Gasteiger partial charge is 0.272 e. The minimum absolute atomic E-state index is 0.0527. The van der Waals surface area contributed by atoms with Crippen molar-refractivity contribution in [2.75, 3.05) is 3.93 Å². The third kappa shape index (κ3) is 3.01. The monoisotopic (exact) mass is 447 g/mol. The van der Waals surface area contributed by atoms with Crippen molar-refractivity contribution >= 4 is 59.6 Å². The number of benzene rings is 2. The quantitative estimate of drug-likeness (QED) is 0.664. The standard InChI is InChI=1S/C13H8Br3NO2/c14-9-5-3-6-10(12(9)15)17(16)13(19)8-4-1-2-7-11(8)18/h1-7,18H. The summed E-state index contributed by atoms with van der Waals surface area (Å²) in [5, 5.41) is 9.71. The maximum atomic E-state index is 12.3. The normalized spacial score (nSPS) is 10.3. The van der Waals surface area contributed by atoms with E-state index in [1.807, 2.05) is 12.1 Å². The van der Waals surface area contributed by atoms with Crippen LogP contribution in [0.3, 0.4) is 0 Å². The molecule has 0 heterocycles. The van der Waals surface area contributed by atoms with Gasteiger partial charge in [0.2, 0.25) is 0 Å². The van der Waals surface area contributed by atoms with E-state index in [0.717, 1.165) is 8.95 Å². The lowest BCUT2D eigenvalue weighted by atomic mass is 10.2. The Hall–Kier alpha value is -0.850. The molecule has 98 valence electrons. The molecule has 0 aromatic heterocycles. The van der Waals surface area contributed by atoms with E-state index in [1.165, 1.54) is 9.99 Å². The highest BCUT2D eigenvalue weighted by molar-refractivity contribution is 9.13. The molecule has 3 nitrogen and oxygen atoms in total.